The van der Waals surface area contributed by atoms with Crippen molar-refractivity contribution in [3.8, 4) is 0 Å². The molecule has 0 N–H and O–H groups in total. The van der Waals surface area contributed by atoms with Gasteiger partial charge in [-0.15, -0.1) is 0 Å². The fourth-order valence-corrected chi connectivity index (χ4v) is 2.53. The van der Waals surface area contributed by atoms with Gasteiger partial charge in [0.1, 0.15) is 0 Å². The van der Waals surface area contributed by atoms with Gasteiger partial charge in [-0.3, -0.25) is 4.98 Å². The molecule has 0 saturated heterocycles. The Morgan fingerprint density at radius 1 is 0.933 bits per heavy atom. The zero-order valence-corrected chi connectivity index (χ0v) is 8.82. The summed E-state index contributed by atoms with van der Waals surface area (Å²) in [5, 5.41) is 1.25. The Balaban J connectivity index is 2.05. The molecule has 1 heterocycles. The van der Waals surface area contributed by atoms with E-state index >= 15 is 0 Å². The summed E-state index contributed by atoms with van der Waals surface area (Å²) < 4.78 is 0. The first kappa shape index (κ1) is 8.90. The van der Waals surface area contributed by atoms with Gasteiger partial charge in [-0.2, -0.15) is 0 Å². The number of para-hydroxylation sites is 1. The summed E-state index contributed by atoms with van der Waals surface area (Å²) in [7, 11) is 0. The van der Waals surface area contributed by atoms with Crippen LogP contribution in [0.15, 0.2) is 36.4 Å². The Bertz CT molecular complexity index is 469. The highest BCUT2D eigenvalue weighted by Gasteiger charge is 2.18. The molecule has 76 valence electrons. The smallest absolute Gasteiger partial charge is 0.0705 e. The van der Waals surface area contributed by atoms with Gasteiger partial charge in [0.15, 0.2) is 0 Å². The standard InChI is InChI=1S/C14H15N/c1-2-6-11(5-1)14-10-9-12-7-3-4-8-13(12)15-14/h3-4,7-11H,1-2,5-6H2. The quantitative estimate of drug-likeness (QED) is 0.675. The predicted octanol–water partition coefficient (Wildman–Crippen LogP) is 3.89. The maximum atomic E-state index is 4.76. The van der Waals surface area contributed by atoms with Crippen molar-refractivity contribution in [3.63, 3.8) is 0 Å². The van der Waals surface area contributed by atoms with Crippen LogP contribution in [0.1, 0.15) is 37.3 Å². The molecule has 1 fully saturated rings. The summed E-state index contributed by atoms with van der Waals surface area (Å²) >= 11 is 0. The Hall–Kier alpha value is -1.37. The molecule has 15 heavy (non-hydrogen) atoms. The second-order valence-corrected chi connectivity index (χ2v) is 4.41. The van der Waals surface area contributed by atoms with E-state index in [1.54, 1.807) is 0 Å². The fraction of sp³-hybridized carbons (Fsp3) is 0.357. The minimum absolute atomic E-state index is 0.717. The molecule has 0 radical (unpaired) electrons. The lowest BCUT2D eigenvalue weighted by Crippen LogP contribution is -1.95. The van der Waals surface area contributed by atoms with Crippen LogP contribution in [0.2, 0.25) is 0 Å². The maximum absolute atomic E-state index is 4.76. The number of nitrogens with zero attached hydrogens (tertiary/aromatic N) is 1. The normalized spacial score (nSPS) is 17.3. The fourth-order valence-electron chi connectivity index (χ4n) is 2.53. The van der Waals surface area contributed by atoms with Crippen molar-refractivity contribution >= 4 is 10.9 Å². The van der Waals surface area contributed by atoms with E-state index in [-0.39, 0.29) is 0 Å². The number of hydrogen-bond acceptors (Lipinski definition) is 1. The SMILES string of the molecule is c1ccc2nc(C3CCCC3)ccc2c1. The molecule has 0 amide bonds. The number of pyridine rings is 1. The summed E-state index contributed by atoms with van der Waals surface area (Å²) in [6.07, 6.45) is 5.40. The summed E-state index contributed by atoms with van der Waals surface area (Å²) in [4.78, 5) is 4.76. The Labute approximate surface area is 90.2 Å². The van der Waals surface area contributed by atoms with Gasteiger partial charge in [0.05, 0.1) is 5.52 Å². The van der Waals surface area contributed by atoms with Gasteiger partial charge in [0.25, 0.3) is 0 Å². The van der Waals surface area contributed by atoms with Crippen molar-refractivity contribution in [1.82, 2.24) is 4.98 Å². The second kappa shape index (κ2) is 3.65. The van der Waals surface area contributed by atoms with Crippen molar-refractivity contribution in [1.29, 1.82) is 0 Å². The van der Waals surface area contributed by atoms with Crippen LogP contribution < -0.4 is 0 Å². The van der Waals surface area contributed by atoms with Crippen LogP contribution in [0, 0.1) is 0 Å². The minimum atomic E-state index is 0.717. The predicted molar refractivity (Wildman–Crippen MR) is 63.0 cm³/mol. The van der Waals surface area contributed by atoms with Crippen LogP contribution >= 0.6 is 0 Å². The third-order valence-electron chi connectivity index (χ3n) is 3.39. The molecule has 1 aromatic carbocycles. The highest BCUT2D eigenvalue weighted by Crippen LogP contribution is 2.33. The molecule has 0 unspecified atom stereocenters. The molecule has 2 aromatic rings. The summed E-state index contributed by atoms with van der Waals surface area (Å²) in [6.45, 7) is 0. The molecule has 1 aromatic heterocycles. The van der Waals surface area contributed by atoms with E-state index in [1.807, 2.05) is 0 Å². The van der Waals surface area contributed by atoms with Crippen LogP contribution in [-0.4, -0.2) is 4.98 Å². The van der Waals surface area contributed by atoms with Crippen LogP contribution in [0.4, 0.5) is 0 Å². The topological polar surface area (TPSA) is 12.9 Å². The summed E-state index contributed by atoms with van der Waals surface area (Å²) in [5.41, 5.74) is 2.44. The molecule has 1 nitrogen and oxygen atoms in total. The Morgan fingerprint density at radius 3 is 2.60 bits per heavy atom. The number of benzene rings is 1. The molecule has 1 heteroatoms. The molecular weight excluding hydrogens is 182 g/mol. The van der Waals surface area contributed by atoms with Gasteiger partial charge >= 0.3 is 0 Å². The molecule has 1 saturated carbocycles. The van der Waals surface area contributed by atoms with E-state index < -0.39 is 0 Å². The molecule has 1 aliphatic rings. The van der Waals surface area contributed by atoms with Gasteiger partial charge in [0, 0.05) is 17.0 Å². The van der Waals surface area contributed by atoms with Gasteiger partial charge in [-0.05, 0) is 25.0 Å². The maximum Gasteiger partial charge on any atom is 0.0705 e. The first-order chi connectivity index (χ1) is 7.43. The van der Waals surface area contributed by atoms with E-state index in [2.05, 4.69) is 36.4 Å². The largest absolute Gasteiger partial charge is 0.253 e. The average Bonchev–Trinajstić information content (AvgIpc) is 2.82. The highest BCUT2D eigenvalue weighted by molar-refractivity contribution is 5.78. The number of aromatic nitrogens is 1. The second-order valence-electron chi connectivity index (χ2n) is 4.41. The average molecular weight is 197 g/mol. The molecule has 0 aliphatic heterocycles. The van der Waals surface area contributed by atoms with E-state index in [0.717, 1.165) is 11.4 Å². The lowest BCUT2D eigenvalue weighted by atomic mass is 10.0. The summed E-state index contributed by atoms with van der Waals surface area (Å²) in [6, 6.07) is 12.8. The minimum Gasteiger partial charge on any atom is -0.253 e. The molecule has 3 rings (SSSR count). The number of rotatable bonds is 1. The molecule has 0 spiro atoms. The van der Waals surface area contributed by atoms with Crippen LogP contribution in [-0.2, 0) is 0 Å². The van der Waals surface area contributed by atoms with E-state index in [9.17, 15) is 0 Å². The molecule has 1 aliphatic carbocycles. The monoisotopic (exact) mass is 197 g/mol. The third kappa shape index (κ3) is 1.63. The van der Waals surface area contributed by atoms with E-state index in [0.29, 0.717) is 0 Å². The van der Waals surface area contributed by atoms with Crippen molar-refractivity contribution < 1.29 is 0 Å². The Kier molecular flexibility index (Phi) is 2.17. The molecule has 0 atom stereocenters. The first-order valence-corrected chi connectivity index (χ1v) is 5.79. The van der Waals surface area contributed by atoms with Crippen molar-refractivity contribution in [2.24, 2.45) is 0 Å². The Morgan fingerprint density at radius 2 is 1.73 bits per heavy atom. The highest BCUT2D eigenvalue weighted by atomic mass is 14.7. The van der Waals surface area contributed by atoms with Crippen molar-refractivity contribution in [2.45, 2.75) is 31.6 Å². The van der Waals surface area contributed by atoms with E-state index in [1.165, 1.54) is 36.8 Å². The third-order valence-corrected chi connectivity index (χ3v) is 3.39. The van der Waals surface area contributed by atoms with Gasteiger partial charge in [-0.1, -0.05) is 37.1 Å². The number of hydrogen-bond donors (Lipinski definition) is 0. The van der Waals surface area contributed by atoms with Gasteiger partial charge in [0.2, 0.25) is 0 Å². The lowest BCUT2D eigenvalue weighted by Gasteiger charge is -2.08. The van der Waals surface area contributed by atoms with Crippen LogP contribution in [0.5, 0.6) is 0 Å². The van der Waals surface area contributed by atoms with Crippen LogP contribution in [0.25, 0.3) is 10.9 Å². The zero-order valence-electron chi connectivity index (χ0n) is 8.82. The van der Waals surface area contributed by atoms with Gasteiger partial charge < -0.3 is 0 Å². The zero-order chi connectivity index (χ0) is 10.1. The lowest BCUT2D eigenvalue weighted by molar-refractivity contribution is 0.701. The molecule has 0 bridgehead atoms. The van der Waals surface area contributed by atoms with E-state index in [4.69, 9.17) is 4.98 Å². The summed E-state index contributed by atoms with van der Waals surface area (Å²) in [5.74, 6) is 0.717. The first-order valence-electron chi connectivity index (χ1n) is 5.79. The van der Waals surface area contributed by atoms with Crippen molar-refractivity contribution in [2.75, 3.05) is 0 Å². The number of fused-ring (bicyclic) bond motifs is 1. The molecular formula is C14H15N. The van der Waals surface area contributed by atoms with Crippen molar-refractivity contribution in [3.05, 3.63) is 42.1 Å². The van der Waals surface area contributed by atoms with Crippen LogP contribution in [0.3, 0.4) is 0 Å². The van der Waals surface area contributed by atoms with Gasteiger partial charge in [-0.25, -0.2) is 0 Å².